The molecule has 1 saturated heterocycles. The number of anilines is 1. The second-order valence-corrected chi connectivity index (χ2v) is 6.70. The Morgan fingerprint density at radius 2 is 1.83 bits per heavy atom. The average molecular weight is 424 g/mol. The number of benzene rings is 1. The highest BCUT2D eigenvalue weighted by Gasteiger charge is 2.29. The Morgan fingerprint density at radius 1 is 1.13 bits per heavy atom. The molecule has 0 radical (unpaired) electrons. The van der Waals surface area contributed by atoms with Crippen molar-refractivity contribution in [1.29, 1.82) is 0 Å². The fourth-order valence-corrected chi connectivity index (χ4v) is 3.08. The summed E-state index contributed by atoms with van der Waals surface area (Å²) in [5.74, 6) is 0.644. The number of piperazine rings is 1. The molecule has 0 atom stereocenters. The first kappa shape index (κ1) is 21.5. The minimum atomic E-state index is -4.46. The number of pyridine rings is 1. The first-order chi connectivity index (χ1) is 14.4. The summed E-state index contributed by atoms with van der Waals surface area (Å²) in [6.45, 7) is 1.00. The van der Waals surface area contributed by atoms with Gasteiger partial charge in [0.25, 0.3) is 0 Å². The number of halogens is 3. The summed E-state index contributed by atoms with van der Waals surface area (Å²) in [5.41, 5.74) is 1.43. The van der Waals surface area contributed by atoms with Gasteiger partial charge < -0.3 is 24.6 Å². The van der Waals surface area contributed by atoms with Crippen LogP contribution in [0.4, 0.5) is 23.7 Å². The summed E-state index contributed by atoms with van der Waals surface area (Å²) in [6.07, 6.45) is -3.11. The molecule has 2 amide bonds. The molecule has 1 aromatic carbocycles. The average Bonchev–Trinajstić information content (AvgIpc) is 2.76. The van der Waals surface area contributed by atoms with Gasteiger partial charge in [-0.1, -0.05) is 6.07 Å². The highest BCUT2D eigenvalue weighted by Crippen LogP contribution is 2.21. The quantitative estimate of drug-likeness (QED) is 0.772. The summed E-state index contributed by atoms with van der Waals surface area (Å²) in [7, 11) is 1.61. The highest BCUT2D eigenvalue weighted by molar-refractivity contribution is 5.74. The molecule has 30 heavy (non-hydrogen) atoms. The van der Waals surface area contributed by atoms with Crippen LogP contribution in [0.25, 0.3) is 0 Å². The van der Waals surface area contributed by atoms with Gasteiger partial charge in [-0.3, -0.25) is 0 Å². The van der Waals surface area contributed by atoms with E-state index in [1.54, 1.807) is 24.1 Å². The molecule has 1 aliphatic rings. The number of carbonyl (C=O) groups excluding carboxylic acids is 1. The number of rotatable bonds is 6. The lowest BCUT2D eigenvalue weighted by Crippen LogP contribution is -2.51. The molecule has 1 N–H and O–H groups in total. The van der Waals surface area contributed by atoms with Crippen molar-refractivity contribution in [3.05, 3.63) is 48.2 Å². The number of carbonyl (C=O) groups is 1. The zero-order valence-electron chi connectivity index (χ0n) is 16.5. The van der Waals surface area contributed by atoms with E-state index in [0.717, 1.165) is 11.4 Å². The van der Waals surface area contributed by atoms with Gasteiger partial charge in [-0.05, 0) is 30.3 Å². The summed E-state index contributed by atoms with van der Waals surface area (Å²) in [5, 5.41) is 2.73. The predicted molar refractivity (Wildman–Crippen MR) is 105 cm³/mol. The van der Waals surface area contributed by atoms with Crippen molar-refractivity contribution >= 4 is 11.7 Å². The first-order valence-corrected chi connectivity index (χ1v) is 9.41. The largest absolute Gasteiger partial charge is 0.497 e. The molecule has 2 heterocycles. The number of nitrogens with one attached hydrogen (secondary N) is 1. The topological polar surface area (TPSA) is 66.9 Å². The molecule has 10 heteroatoms. The normalized spacial score (nSPS) is 14.4. The van der Waals surface area contributed by atoms with E-state index in [0.29, 0.717) is 31.7 Å². The Morgan fingerprint density at radius 3 is 2.47 bits per heavy atom. The third-order valence-corrected chi connectivity index (χ3v) is 4.66. The van der Waals surface area contributed by atoms with E-state index in [9.17, 15) is 18.0 Å². The number of ether oxygens (including phenoxy) is 2. The van der Waals surface area contributed by atoms with Crippen molar-refractivity contribution in [2.24, 2.45) is 0 Å². The Kier molecular flexibility index (Phi) is 6.86. The molecule has 0 bridgehead atoms. The smallest absolute Gasteiger partial charge is 0.422 e. The van der Waals surface area contributed by atoms with Crippen molar-refractivity contribution in [3.63, 3.8) is 0 Å². The highest BCUT2D eigenvalue weighted by atomic mass is 19.4. The first-order valence-electron chi connectivity index (χ1n) is 9.41. The van der Waals surface area contributed by atoms with Crippen molar-refractivity contribution in [1.82, 2.24) is 15.2 Å². The summed E-state index contributed by atoms with van der Waals surface area (Å²) >= 11 is 0. The molecule has 0 saturated carbocycles. The maximum absolute atomic E-state index is 12.5. The van der Waals surface area contributed by atoms with Crippen LogP contribution in [0.5, 0.6) is 11.6 Å². The van der Waals surface area contributed by atoms with Crippen molar-refractivity contribution in [3.8, 4) is 11.6 Å². The van der Waals surface area contributed by atoms with Gasteiger partial charge >= 0.3 is 12.2 Å². The third-order valence-electron chi connectivity index (χ3n) is 4.66. The zero-order chi connectivity index (χ0) is 21.6. The van der Waals surface area contributed by atoms with Crippen LogP contribution in [-0.2, 0) is 6.54 Å². The molecule has 1 aliphatic heterocycles. The van der Waals surface area contributed by atoms with Gasteiger partial charge in [-0.2, -0.15) is 13.2 Å². The fraction of sp³-hybridized carbons (Fsp3) is 0.400. The van der Waals surface area contributed by atoms with Gasteiger partial charge in [-0.15, -0.1) is 0 Å². The number of amides is 2. The van der Waals surface area contributed by atoms with Crippen LogP contribution in [0, 0.1) is 0 Å². The molecule has 0 unspecified atom stereocenters. The van der Waals surface area contributed by atoms with Gasteiger partial charge in [0.05, 0.1) is 7.11 Å². The van der Waals surface area contributed by atoms with E-state index in [2.05, 4.69) is 15.2 Å². The van der Waals surface area contributed by atoms with Gasteiger partial charge in [0.2, 0.25) is 5.88 Å². The summed E-state index contributed by atoms with van der Waals surface area (Å²) in [6, 6.07) is 10.6. The van der Waals surface area contributed by atoms with Crippen LogP contribution < -0.4 is 19.7 Å². The van der Waals surface area contributed by atoms with Crippen molar-refractivity contribution < 1.29 is 27.4 Å². The minimum absolute atomic E-state index is 0.0263. The number of methoxy groups -OCH3 is 1. The van der Waals surface area contributed by atoms with Crippen LogP contribution >= 0.6 is 0 Å². The van der Waals surface area contributed by atoms with Crippen LogP contribution in [0.3, 0.4) is 0 Å². The molecule has 162 valence electrons. The van der Waals surface area contributed by atoms with Crippen LogP contribution in [0.2, 0.25) is 0 Å². The number of hydrogen-bond acceptors (Lipinski definition) is 5. The minimum Gasteiger partial charge on any atom is -0.497 e. The molecule has 1 aromatic heterocycles. The molecule has 0 spiro atoms. The molecular formula is C20H23F3N4O3. The second kappa shape index (κ2) is 9.55. The zero-order valence-corrected chi connectivity index (χ0v) is 16.5. The summed E-state index contributed by atoms with van der Waals surface area (Å²) < 4.78 is 47.1. The molecule has 2 aromatic rings. The molecule has 7 nitrogen and oxygen atoms in total. The van der Waals surface area contributed by atoms with Gasteiger partial charge in [-0.25, -0.2) is 9.78 Å². The fourth-order valence-electron chi connectivity index (χ4n) is 3.08. The van der Waals surface area contributed by atoms with Crippen LogP contribution in [0.15, 0.2) is 42.6 Å². The Labute approximate surface area is 172 Å². The third kappa shape index (κ3) is 5.91. The molecular weight excluding hydrogens is 401 g/mol. The van der Waals surface area contributed by atoms with Crippen molar-refractivity contribution in [2.75, 3.05) is 44.8 Å². The maximum Gasteiger partial charge on any atom is 0.422 e. The monoisotopic (exact) mass is 424 g/mol. The lowest BCUT2D eigenvalue weighted by Gasteiger charge is -2.36. The number of urea groups is 1. The van der Waals surface area contributed by atoms with Gasteiger partial charge in [0, 0.05) is 50.2 Å². The number of nitrogens with zero attached hydrogens (tertiary/aromatic N) is 3. The molecule has 0 aliphatic carbocycles. The van der Waals surface area contributed by atoms with E-state index >= 15 is 0 Å². The van der Waals surface area contributed by atoms with E-state index in [4.69, 9.17) is 9.47 Å². The number of alkyl halides is 3. The number of aromatic nitrogens is 1. The Balaban J connectivity index is 1.49. The van der Waals surface area contributed by atoms with E-state index in [-0.39, 0.29) is 18.5 Å². The Bertz CT molecular complexity index is 838. The van der Waals surface area contributed by atoms with Crippen LogP contribution in [-0.4, -0.2) is 62.0 Å². The van der Waals surface area contributed by atoms with E-state index in [1.807, 2.05) is 24.3 Å². The van der Waals surface area contributed by atoms with E-state index < -0.39 is 12.8 Å². The molecule has 1 fully saturated rings. The number of hydrogen-bond donors (Lipinski definition) is 1. The second-order valence-electron chi connectivity index (χ2n) is 6.70. The van der Waals surface area contributed by atoms with Crippen molar-refractivity contribution in [2.45, 2.75) is 12.7 Å². The van der Waals surface area contributed by atoms with E-state index in [1.165, 1.54) is 6.20 Å². The Hall–Kier alpha value is -3.17. The van der Waals surface area contributed by atoms with Gasteiger partial charge in [0.15, 0.2) is 6.61 Å². The SMILES string of the molecule is COc1ccc(N2CCN(C(=O)NCc3cccnc3OCC(F)(F)F)CC2)cc1. The lowest BCUT2D eigenvalue weighted by atomic mass is 10.2. The lowest BCUT2D eigenvalue weighted by molar-refractivity contribution is -0.154. The van der Waals surface area contributed by atoms with Crippen LogP contribution in [0.1, 0.15) is 5.56 Å². The predicted octanol–water partition coefficient (Wildman–Crippen LogP) is 3.06. The maximum atomic E-state index is 12.5. The summed E-state index contributed by atoms with van der Waals surface area (Å²) in [4.78, 5) is 20.1. The standard InChI is InChI=1S/C20H23F3N4O3/c1-29-17-6-4-16(5-7-17)26-9-11-27(12-10-26)19(28)25-13-15-3-2-8-24-18(15)30-14-20(21,22)23/h2-8H,9-14H2,1H3,(H,25,28). The van der Waals surface area contributed by atoms with Gasteiger partial charge in [0.1, 0.15) is 5.75 Å². The molecule has 3 rings (SSSR count).